The van der Waals surface area contributed by atoms with Crippen molar-refractivity contribution in [3.05, 3.63) is 117 Å². The molecule has 11 nitrogen and oxygen atoms in total. The van der Waals surface area contributed by atoms with Crippen LogP contribution in [0.25, 0.3) is 0 Å². The number of aryl methyl sites for hydroxylation is 3. The standard InChI is InChI=1S/C44H50N4O7S/c1-2-47(38(49)23-24-39(50)51)25-26-48(35-21-22-35)28-31-9-6-10-33(27-31)41(52)46-43-40(36-11-3-4-12-37(36)56-43)42(53)45-34-19-15-30(16-20-34)8-5-7-29-13-17-32(18-14-29)44(54)55/h6,9-10,13-20,27,35H,2-5,7-8,11-12,21-26,28H2,1H3,(H,45,53)(H,46,52)(H,50,51)(H,54,55). The monoisotopic (exact) mass is 778 g/mol. The lowest BCUT2D eigenvalue weighted by atomic mass is 9.95. The third-order valence-corrected chi connectivity index (χ3v) is 11.8. The second kappa shape index (κ2) is 19.0. The average Bonchev–Trinajstić information content (AvgIpc) is 3.98. The maximum absolute atomic E-state index is 13.9. The summed E-state index contributed by atoms with van der Waals surface area (Å²) in [5, 5.41) is 24.8. The Morgan fingerprint density at radius 3 is 2.12 bits per heavy atom. The number of aliphatic carboxylic acids is 1. The fraction of sp³-hybridized carbons (Fsp3) is 0.386. The molecule has 0 aliphatic heterocycles. The maximum Gasteiger partial charge on any atom is 0.335 e. The first-order chi connectivity index (χ1) is 27.1. The predicted molar refractivity (Wildman–Crippen MR) is 218 cm³/mol. The van der Waals surface area contributed by atoms with E-state index in [0.29, 0.717) is 54.0 Å². The van der Waals surface area contributed by atoms with Gasteiger partial charge in [-0.3, -0.25) is 24.1 Å². The summed E-state index contributed by atoms with van der Waals surface area (Å²) in [5.41, 5.74) is 6.21. The highest BCUT2D eigenvalue weighted by Crippen LogP contribution is 2.39. The quantitative estimate of drug-likeness (QED) is 0.0756. The lowest BCUT2D eigenvalue weighted by Gasteiger charge is -2.27. The molecule has 0 atom stereocenters. The summed E-state index contributed by atoms with van der Waals surface area (Å²) in [4.78, 5) is 67.5. The SMILES string of the molecule is CCN(CCN(Cc1cccc(C(=O)Nc2sc3c(c2C(=O)Nc2ccc(CCCc4ccc(C(=O)O)cc4)cc2)CCCC3)c1)C1CC1)C(=O)CCC(=O)O. The zero-order chi connectivity index (χ0) is 39.6. The zero-order valence-corrected chi connectivity index (χ0v) is 32.7. The van der Waals surface area contributed by atoms with Crippen molar-refractivity contribution in [2.45, 2.75) is 90.1 Å². The molecule has 2 aliphatic carbocycles. The zero-order valence-electron chi connectivity index (χ0n) is 31.9. The van der Waals surface area contributed by atoms with Crippen molar-refractivity contribution < 1.29 is 34.2 Å². The number of aromatic carboxylic acids is 1. The molecule has 0 unspecified atom stereocenters. The van der Waals surface area contributed by atoms with Gasteiger partial charge < -0.3 is 25.7 Å². The normalized spacial score (nSPS) is 13.5. The first-order valence-corrected chi connectivity index (χ1v) is 20.4. The number of carboxylic acids is 2. The van der Waals surface area contributed by atoms with Crippen LogP contribution in [0.15, 0.2) is 72.8 Å². The molecule has 4 aromatic rings. The Morgan fingerprint density at radius 1 is 0.768 bits per heavy atom. The van der Waals surface area contributed by atoms with Gasteiger partial charge in [0.15, 0.2) is 0 Å². The van der Waals surface area contributed by atoms with E-state index in [1.807, 2.05) is 61.5 Å². The lowest BCUT2D eigenvalue weighted by Crippen LogP contribution is -2.39. The smallest absolute Gasteiger partial charge is 0.335 e. The Bertz CT molecular complexity index is 2040. The van der Waals surface area contributed by atoms with Gasteiger partial charge in [-0.25, -0.2) is 4.79 Å². The van der Waals surface area contributed by atoms with Crippen molar-refractivity contribution >= 4 is 51.7 Å². The number of carbonyl (C=O) groups is 5. The third-order valence-electron chi connectivity index (χ3n) is 10.6. The third kappa shape index (κ3) is 10.9. The van der Waals surface area contributed by atoms with Gasteiger partial charge in [-0.1, -0.05) is 36.4 Å². The predicted octanol–water partition coefficient (Wildman–Crippen LogP) is 7.68. The van der Waals surface area contributed by atoms with E-state index in [0.717, 1.165) is 84.9 Å². The number of likely N-dealkylation sites (N-methyl/N-ethyl adjacent to an activating group) is 1. The molecule has 294 valence electrons. The fourth-order valence-corrected chi connectivity index (χ4v) is 8.57. The topological polar surface area (TPSA) is 156 Å². The number of anilines is 2. The van der Waals surface area contributed by atoms with E-state index in [9.17, 15) is 24.0 Å². The van der Waals surface area contributed by atoms with Crippen LogP contribution in [0.4, 0.5) is 10.7 Å². The highest BCUT2D eigenvalue weighted by atomic mass is 32.1. The lowest BCUT2D eigenvalue weighted by molar-refractivity contribution is -0.140. The van der Waals surface area contributed by atoms with E-state index in [1.54, 1.807) is 23.1 Å². The Balaban J connectivity index is 1.07. The number of thiophene rings is 1. The minimum Gasteiger partial charge on any atom is -0.481 e. The van der Waals surface area contributed by atoms with E-state index >= 15 is 0 Å². The maximum atomic E-state index is 13.9. The molecule has 1 aromatic heterocycles. The second-order valence-electron chi connectivity index (χ2n) is 14.6. The number of nitrogens with zero attached hydrogens (tertiary/aromatic N) is 2. The van der Waals surface area contributed by atoms with Gasteiger partial charge in [0.1, 0.15) is 5.00 Å². The van der Waals surface area contributed by atoms with E-state index in [2.05, 4.69) is 15.5 Å². The number of hydrogen-bond donors (Lipinski definition) is 4. The highest BCUT2D eigenvalue weighted by molar-refractivity contribution is 7.17. The molecule has 1 saturated carbocycles. The van der Waals surface area contributed by atoms with Crippen molar-refractivity contribution in [1.82, 2.24) is 9.80 Å². The number of rotatable bonds is 19. The Kier molecular flexibility index (Phi) is 13.7. The number of amides is 3. The van der Waals surface area contributed by atoms with Crippen molar-refractivity contribution in [1.29, 1.82) is 0 Å². The second-order valence-corrected chi connectivity index (χ2v) is 15.8. The van der Waals surface area contributed by atoms with Gasteiger partial charge >= 0.3 is 11.9 Å². The van der Waals surface area contributed by atoms with Crippen molar-refractivity contribution in [2.75, 3.05) is 30.3 Å². The van der Waals surface area contributed by atoms with Crippen LogP contribution >= 0.6 is 11.3 Å². The van der Waals surface area contributed by atoms with Crippen LogP contribution in [0.2, 0.25) is 0 Å². The molecule has 2 aliphatic rings. The molecule has 0 bridgehead atoms. The number of hydrogen-bond acceptors (Lipinski definition) is 7. The van der Waals surface area contributed by atoms with Gasteiger partial charge in [-0.2, -0.15) is 0 Å². The molecule has 3 amide bonds. The Morgan fingerprint density at radius 2 is 1.46 bits per heavy atom. The summed E-state index contributed by atoms with van der Waals surface area (Å²) in [5.74, 6) is -2.58. The minimum atomic E-state index is -0.979. The average molecular weight is 779 g/mol. The van der Waals surface area contributed by atoms with Crippen molar-refractivity contribution in [2.24, 2.45) is 0 Å². The van der Waals surface area contributed by atoms with Gasteiger partial charge in [0.05, 0.1) is 17.5 Å². The van der Waals surface area contributed by atoms with Crippen LogP contribution in [0.3, 0.4) is 0 Å². The van der Waals surface area contributed by atoms with Crippen LogP contribution in [-0.2, 0) is 41.8 Å². The molecule has 0 spiro atoms. The molecular formula is C44H50N4O7S. The minimum absolute atomic E-state index is 0.00830. The summed E-state index contributed by atoms with van der Waals surface area (Å²) >= 11 is 1.49. The fourth-order valence-electron chi connectivity index (χ4n) is 7.28. The van der Waals surface area contributed by atoms with E-state index in [4.69, 9.17) is 10.2 Å². The van der Waals surface area contributed by atoms with Crippen LogP contribution < -0.4 is 10.6 Å². The molecular weight excluding hydrogens is 729 g/mol. The van der Waals surface area contributed by atoms with Gasteiger partial charge in [-0.15, -0.1) is 11.3 Å². The van der Waals surface area contributed by atoms with Gasteiger partial charge in [0.25, 0.3) is 11.8 Å². The van der Waals surface area contributed by atoms with Crippen LogP contribution in [0.5, 0.6) is 0 Å². The van der Waals surface area contributed by atoms with Crippen molar-refractivity contribution in [3.63, 3.8) is 0 Å². The summed E-state index contributed by atoms with van der Waals surface area (Å²) in [6, 6.07) is 22.7. The van der Waals surface area contributed by atoms with E-state index in [1.165, 1.54) is 11.3 Å². The number of fused-ring (bicyclic) bond motifs is 1. The number of benzene rings is 3. The van der Waals surface area contributed by atoms with Gasteiger partial charge in [-0.05, 0) is 123 Å². The summed E-state index contributed by atoms with van der Waals surface area (Å²) in [7, 11) is 0. The van der Waals surface area contributed by atoms with Crippen LogP contribution in [0.1, 0.15) is 110 Å². The molecule has 56 heavy (non-hydrogen) atoms. The van der Waals surface area contributed by atoms with Crippen molar-refractivity contribution in [3.8, 4) is 0 Å². The van der Waals surface area contributed by atoms with Gasteiger partial charge in [0, 0.05) is 54.8 Å². The number of carbonyl (C=O) groups excluding carboxylic acids is 3. The van der Waals surface area contributed by atoms with Crippen LogP contribution in [0, 0.1) is 0 Å². The molecule has 12 heteroatoms. The van der Waals surface area contributed by atoms with Crippen LogP contribution in [-0.4, -0.2) is 75.3 Å². The molecule has 0 saturated heterocycles. The summed E-state index contributed by atoms with van der Waals surface area (Å²) in [6.45, 7) is 4.20. The van der Waals surface area contributed by atoms with Gasteiger partial charge in [0.2, 0.25) is 5.91 Å². The molecule has 0 radical (unpaired) electrons. The first kappa shape index (κ1) is 40.3. The summed E-state index contributed by atoms with van der Waals surface area (Å²) < 4.78 is 0. The highest BCUT2D eigenvalue weighted by Gasteiger charge is 2.30. The first-order valence-electron chi connectivity index (χ1n) is 19.6. The number of nitrogens with one attached hydrogen (secondary N) is 2. The van der Waals surface area contributed by atoms with E-state index in [-0.39, 0.29) is 36.1 Å². The largest absolute Gasteiger partial charge is 0.481 e. The molecule has 3 aromatic carbocycles. The molecule has 6 rings (SSSR count). The Hall–Kier alpha value is -5.33. The molecule has 1 fully saturated rings. The molecule has 1 heterocycles. The van der Waals surface area contributed by atoms with E-state index < -0.39 is 11.9 Å². The summed E-state index contributed by atoms with van der Waals surface area (Å²) in [6.07, 6.45) is 8.24. The Labute approximate surface area is 331 Å². The number of carboxylic acid groups (broad SMARTS) is 2. The molecule has 4 N–H and O–H groups in total.